The van der Waals surface area contributed by atoms with E-state index >= 15 is 0 Å². The Morgan fingerprint density at radius 2 is 2.11 bits per heavy atom. The third-order valence-electron chi connectivity index (χ3n) is 3.49. The summed E-state index contributed by atoms with van der Waals surface area (Å²) in [6, 6.07) is 0.484. The zero-order valence-electron chi connectivity index (χ0n) is 12.0. The number of nitrogens with one attached hydrogen (secondary N) is 1. The van der Waals surface area contributed by atoms with Gasteiger partial charge in [0.2, 0.25) is 0 Å². The summed E-state index contributed by atoms with van der Waals surface area (Å²) in [5, 5.41) is 4.85. The second-order valence-electron chi connectivity index (χ2n) is 6.40. The lowest BCUT2D eigenvalue weighted by molar-refractivity contribution is 0.266. The molecule has 0 aromatic carbocycles. The van der Waals surface area contributed by atoms with E-state index < -0.39 is 0 Å². The highest BCUT2D eigenvalue weighted by Gasteiger charge is 2.29. The molecule has 4 heteroatoms. The molecule has 3 nitrogen and oxygen atoms in total. The molecule has 1 aromatic heterocycles. The van der Waals surface area contributed by atoms with Crippen LogP contribution in [0.1, 0.15) is 63.7 Å². The van der Waals surface area contributed by atoms with Crippen LogP contribution in [0.25, 0.3) is 0 Å². The minimum atomic E-state index is 0.264. The Bertz CT molecular complexity index is 377. The first-order valence-electron chi connectivity index (χ1n) is 7.06. The van der Waals surface area contributed by atoms with E-state index in [4.69, 9.17) is 4.98 Å². The van der Waals surface area contributed by atoms with Crippen molar-refractivity contribution in [1.82, 2.24) is 14.7 Å². The van der Waals surface area contributed by atoms with Crippen LogP contribution < -0.4 is 5.32 Å². The van der Waals surface area contributed by atoms with Crippen LogP contribution >= 0.6 is 11.5 Å². The molecule has 0 bridgehead atoms. The first-order chi connectivity index (χ1) is 8.50. The Hall–Kier alpha value is -0.480. The van der Waals surface area contributed by atoms with Crippen LogP contribution in [0.15, 0.2) is 0 Å². The van der Waals surface area contributed by atoms with Gasteiger partial charge in [0.25, 0.3) is 0 Å². The molecule has 1 unspecified atom stereocenters. The molecule has 2 rings (SSSR count). The normalized spacial score (nSPS) is 18.0. The van der Waals surface area contributed by atoms with Crippen molar-refractivity contribution in [3.8, 4) is 0 Å². The van der Waals surface area contributed by atoms with Gasteiger partial charge in [-0.2, -0.15) is 4.37 Å². The maximum Gasteiger partial charge on any atom is 0.145 e. The highest BCUT2D eigenvalue weighted by atomic mass is 32.1. The average molecular weight is 267 g/mol. The fourth-order valence-electron chi connectivity index (χ4n) is 2.04. The molecule has 1 aromatic rings. The van der Waals surface area contributed by atoms with Gasteiger partial charge < -0.3 is 5.32 Å². The molecule has 1 saturated carbocycles. The number of hydrogen-bond donors (Lipinski definition) is 1. The predicted octanol–water partition coefficient (Wildman–Crippen LogP) is 3.37. The van der Waals surface area contributed by atoms with Crippen LogP contribution in [-0.4, -0.2) is 21.9 Å². The van der Waals surface area contributed by atoms with E-state index in [2.05, 4.69) is 37.4 Å². The second kappa shape index (κ2) is 5.66. The van der Waals surface area contributed by atoms with Gasteiger partial charge >= 0.3 is 0 Å². The van der Waals surface area contributed by atoms with E-state index in [1.54, 1.807) is 11.5 Å². The molecule has 1 aliphatic carbocycles. The van der Waals surface area contributed by atoms with E-state index in [9.17, 15) is 0 Å². The van der Waals surface area contributed by atoms with E-state index in [0.29, 0.717) is 12.0 Å². The molecule has 0 saturated heterocycles. The number of rotatable bonds is 6. The SMILES string of the molecule is CCCNC(Cc1nc(C2CC2)ns1)C(C)(C)C. The summed E-state index contributed by atoms with van der Waals surface area (Å²) < 4.78 is 4.50. The summed E-state index contributed by atoms with van der Waals surface area (Å²) in [5.41, 5.74) is 0.264. The molecule has 1 aliphatic rings. The molecule has 1 heterocycles. The van der Waals surface area contributed by atoms with E-state index in [-0.39, 0.29) is 5.41 Å². The number of aromatic nitrogens is 2. The summed E-state index contributed by atoms with van der Waals surface area (Å²) in [5.74, 6) is 1.77. The van der Waals surface area contributed by atoms with Crippen molar-refractivity contribution < 1.29 is 0 Å². The van der Waals surface area contributed by atoms with Crippen LogP contribution in [0.2, 0.25) is 0 Å². The van der Waals surface area contributed by atoms with Crippen molar-refractivity contribution in [2.75, 3.05) is 6.54 Å². The standard InChI is InChI=1S/C14H25N3S/c1-5-8-15-11(14(2,3)4)9-12-16-13(17-18-12)10-6-7-10/h10-11,15H,5-9H2,1-4H3. The van der Waals surface area contributed by atoms with Gasteiger partial charge in [0.1, 0.15) is 10.8 Å². The Balaban J connectivity index is 1.97. The largest absolute Gasteiger partial charge is 0.313 e. The fourth-order valence-corrected chi connectivity index (χ4v) is 2.80. The summed E-state index contributed by atoms with van der Waals surface area (Å²) >= 11 is 1.59. The predicted molar refractivity (Wildman–Crippen MR) is 77.1 cm³/mol. The Morgan fingerprint density at radius 3 is 2.67 bits per heavy atom. The minimum absolute atomic E-state index is 0.264. The first kappa shape index (κ1) is 13.9. The third-order valence-corrected chi connectivity index (χ3v) is 4.24. The lowest BCUT2D eigenvalue weighted by Crippen LogP contribution is -2.42. The van der Waals surface area contributed by atoms with E-state index in [1.807, 2.05) is 0 Å². The van der Waals surface area contributed by atoms with Crippen LogP contribution in [0, 0.1) is 5.41 Å². The van der Waals surface area contributed by atoms with Gasteiger partial charge in [-0.1, -0.05) is 27.7 Å². The summed E-state index contributed by atoms with van der Waals surface area (Å²) in [7, 11) is 0. The Morgan fingerprint density at radius 1 is 1.39 bits per heavy atom. The molecular formula is C14H25N3S. The van der Waals surface area contributed by atoms with Gasteiger partial charge in [0.15, 0.2) is 0 Å². The quantitative estimate of drug-likeness (QED) is 0.858. The zero-order chi connectivity index (χ0) is 13.2. The maximum absolute atomic E-state index is 4.70. The number of nitrogens with zero attached hydrogens (tertiary/aromatic N) is 2. The summed E-state index contributed by atoms with van der Waals surface area (Å²) in [4.78, 5) is 4.70. The molecule has 0 radical (unpaired) electrons. The van der Waals surface area contributed by atoms with Gasteiger partial charge in [0, 0.05) is 18.4 Å². The van der Waals surface area contributed by atoms with Crippen LogP contribution in [0.5, 0.6) is 0 Å². The van der Waals surface area contributed by atoms with Crippen LogP contribution in [0.4, 0.5) is 0 Å². The minimum Gasteiger partial charge on any atom is -0.313 e. The van der Waals surface area contributed by atoms with Gasteiger partial charge in [-0.15, -0.1) is 0 Å². The highest BCUT2D eigenvalue weighted by Crippen LogP contribution is 2.39. The van der Waals surface area contributed by atoms with Crippen molar-refractivity contribution in [1.29, 1.82) is 0 Å². The van der Waals surface area contributed by atoms with Gasteiger partial charge in [-0.3, -0.25) is 0 Å². The molecule has 18 heavy (non-hydrogen) atoms. The van der Waals surface area contributed by atoms with Crippen molar-refractivity contribution in [2.24, 2.45) is 5.41 Å². The van der Waals surface area contributed by atoms with Gasteiger partial charge in [0.05, 0.1) is 0 Å². The topological polar surface area (TPSA) is 37.8 Å². The molecule has 1 fully saturated rings. The molecule has 0 amide bonds. The van der Waals surface area contributed by atoms with Crippen LogP contribution in [-0.2, 0) is 6.42 Å². The van der Waals surface area contributed by atoms with Crippen LogP contribution in [0.3, 0.4) is 0 Å². The van der Waals surface area contributed by atoms with Crippen molar-refractivity contribution in [2.45, 2.75) is 65.3 Å². The van der Waals surface area contributed by atoms with E-state index in [1.165, 1.54) is 24.3 Å². The molecular weight excluding hydrogens is 242 g/mol. The van der Waals surface area contributed by atoms with Crippen molar-refractivity contribution in [3.63, 3.8) is 0 Å². The zero-order valence-corrected chi connectivity index (χ0v) is 12.8. The molecule has 1 N–H and O–H groups in total. The smallest absolute Gasteiger partial charge is 0.145 e. The lowest BCUT2D eigenvalue weighted by atomic mass is 9.85. The Kier molecular flexibility index (Phi) is 4.38. The molecule has 102 valence electrons. The molecule has 0 spiro atoms. The van der Waals surface area contributed by atoms with Crippen molar-refractivity contribution in [3.05, 3.63) is 10.8 Å². The van der Waals surface area contributed by atoms with Gasteiger partial charge in [-0.05, 0) is 42.8 Å². The third kappa shape index (κ3) is 3.75. The molecule has 1 atom stereocenters. The van der Waals surface area contributed by atoms with Gasteiger partial charge in [-0.25, -0.2) is 4.98 Å². The number of hydrogen-bond acceptors (Lipinski definition) is 4. The second-order valence-corrected chi connectivity index (χ2v) is 7.23. The monoisotopic (exact) mass is 267 g/mol. The van der Waals surface area contributed by atoms with E-state index in [0.717, 1.165) is 18.8 Å². The summed E-state index contributed by atoms with van der Waals surface area (Å²) in [6.07, 6.45) is 4.75. The fraction of sp³-hybridized carbons (Fsp3) is 0.857. The lowest BCUT2D eigenvalue weighted by Gasteiger charge is -2.31. The Labute approximate surface area is 115 Å². The first-order valence-corrected chi connectivity index (χ1v) is 7.84. The maximum atomic E-state index is 4.70. The average Bonchev–Trinajstić information content (AvgIpc) is 3.04. The highest BCUT2D eigenvalue weighted by molar-refractivity contribution is 7.05. The summed E-state index contributed by atoms with van der Waals surface area (Å²) in [6.45, 7) is 10.2. The van der Waals surface area contributed by atoms with Crippen molar-refractivity contribution >= 4 is 11.5 Å². The molecule has 0 aliphatic heterocycles.